The van der Waals surface area contributed by atoms with Gasteiger partial charge < -0.3 is 0 Å². The number of amides is 2. The third kappa shape index (κ3) is 2.88. The second kappa shape index (κ2) is 6.86. The van der Waals surface area contributed by atoms with Gasteiger partial charge in [-0.2, -0.15) is 0 Å². The summed E-state index contributed by atoms with van der Waals surface area (Å²) in [6.07, 6.45) is 0.237. The van der Waals surface area contributed by atoms with Crippen molar-refractivity contribution in [1.29, 1.82) is 0 Å². The molecule has 3 aliphatic rings. The Morgan fingerprint density at radius 3 is 2.17 bits per heavy atom. The van der Waals surface area contributed by atoms with Crippen molar-refractivity contribution in [3.05, 3.63) is 65.7 Å². The molecule has 7 heteroatoms. The van der Waals surface area contributed by atoms with E-state index in [4.69, 9.17) is 9.47 Å². The summed E-state index contributed by atoms with van der Waals surface area (Å²) in [6, 6.07) is 16.1. The van der Waals surface area contributed by atoms with Gasteiger partial charge in [0, 0.05) is 0 Å². The van der Waals surface area contributed by atoms with E-state index in [0.717, 1.165) is 10.7 Å². The van der Waals surface area contributed by atoms with Crippen LogP contribution in [0.25, 0.3) is 0 Å². The van der Waals surface area contributed by atoms with Crippen LogP contribution in [0.4, 0.5) is 0 Å². The van der Waals surface area contributed by atoms with E-state index in [1.165, 1.54) is 4.90 Å². The van der Waals surface area contributed by atoms with Crippen LogP contribution < -0.4 is 4.46 Å². The summed E-state index contributed by atoms with van der Waals surface area (Å²) in [5.41, 5.74) is 0.795. The molecule has 2 aliphatic heterocycles. The molecule has 1 aliphatic carbocycles. The molecule has 0 radical (unpaired) electrons. The molecule has 0 N–H and O–H groups in total. The predicted molar refractivity (Wildman–Crippen MR) is 110 cm³/mol. The van der Waals surface area contributed by atoms with E-state index in [1.807, 2.05) is 30.3 Å². The first-order chi connectivity index (χ1) is 14.4. The summed E-state index contributed by atoms with van der Waals surface area (Å²) < 4.78 is 12.6. The Balaban J connectivity index is 1.55. The number of benzene rings is 2. The molecule has 5 rings (SSSR count). The number of nitrogens with zero attached hydrogens (tertiary/aromatic N) is 1. The molecule has 0 aromatic heterocycles. The van der Waals surface area contributed by atoms with Crippen LogP contribution in [0.2, 0.25) is 4.31 Å². The zero-order valence-corrected chi connectivity index (χ0v) is 18.3. The molecule has 30 heavy (non-hydrogen) atoms. The number of carbonyl (C=O) groups excluding carboxylic acids is 3. The maximum atomic E-state index is 13.1. The Hall–Kier alpha value is -2.31. The summed E-state index contributed by atoms with van der Waals surface area (Å²) in [4.78, 5) is 40.1. The van der Waals surface area contributed by atoms with E-state index in [-0.39, 0.29) is 26.8 Å². The van der Waals surface area contributed by atoms with Crippen molar-refractivity contribution in [3.63, 3.8) is 0 Å². The molecule has 2 aromatic rings. The normalized spacial score (nSPS) is 31.7. The van der Waals surface area contributed by atoms with Gasteiger partial charge in [0.05, 0.1) is 0 Å². The van der Waals surface area contributed by atoms with Crippen LogP contribution >= 0.6 is 0 Å². The molecule has 2 amide bonds. The molecule has 0 spiro atoms. The van der Waals surface area contributed by atoms with Crippen molar-refractivity contribution in [1.82, 2.24) is 4.90 Å². The number of imide groups is 1. The van der Waals surface area contributed by atoms with E-state index in [1.54, 1.807) is 38.1 Å². The molecule has 0 unspecified atom stereocenters. The van der Waals surface area contributed by atoms with Crippen LogP contribution in [0.1, 0.15) is 41.0 Å². The van der Waals surface area contributed by atoms with Gasteiger partial charge in [0.25, 0.3) is 0 Å². The number of fused-ring (bicyclic) bond motifs is 2. The fraction of sp³-hybridized carbons (Fsp3) is 0.348. The molecule has 1 saturated carbocycles. The quantitative estimate of drug-likeness (QED) is 0.388. The molecule has 4 atom stereocenters. The number of hydrogen-bond acceptors (Lipinski definition) is 5. The van der Waals surface area contributed by atoms with Gasteiger partial charge in [-0.25, -0.2) is 0 Å². The van der Waals surface area contributed by atoms with Gasteiger partial charge in [0.15, 0.2) is 0 Å². The van der Waals surface area contributed by atoms with Crippen molar-refractivity contribution < 1.29 is 23.9 Å². The Labute approximate surface area is 180 Å². The van der Waals surface area contributed by atoms with Gasteiger partial charge in [-0.05, 0) is 0 Å². The SMILES string of the molecule is CC1(C)O[C@H]2[C@H](N3C(=O)c4ccccc4C3=O)C[C@@](C=O)([Se]c3ccccc3)[C@H]2O1. The molecule has 0 bridgehead atoms. The van der Waals surface area contributed by atoms with Crippen LogP contribution in [0.5, 0.6) is 0 Å². The van der Waals surface area contributed by atoms with Crippen LogP contribution in [-0.4, -0.2) is 62.0 Å². The molecular formula is C23H21NO5Se. The van der Waals surface area contributed by atoms with Crippen molar-refractivity contribution >= 4 is 37.5 Å². The number of aldehydes is 1. The van der Waals surface area contributed by atoms with Crippen LogP contribution in [0.3, 0.4) is 0 Å². The van der Waals surface area contributed by atoms with Gasteiger partial charge in [0.1, 0.15) is 0 Å². The zero-order chi connectivity index (χ0) is 21.1. The van der Waals surface area contributed by atoms with Crippen molar-refractivity contribution in [2.75, 3.05) is 0 Å². The van der Waals surface area contributed by atoms with Gasteiger partial charge in [-0.15, -0.1) is 0 Å². The molecular weight excluding hydrogens is 449 g/mol. The standard InChI is InChI=1S/C23H21NO5Se/c1-22(2)28-18-17(24-20(26)15-10-6-7-11-16(15)21(24)27)12-23(13-25,19(18)29-22)30-14-8-4-3-5-9-14/h3-11,13,17-19H,12H2,1-2H3/t17-,18+,19+,23+/m1/s1. The van der Waals surface area contributed by atoms with Gasteiger partial charge >= 0.3 is 181 Å². The van der Waals surface area contributed by atoms with Gasteiger partial charge in [-0.3, -0.25) is 0 Å². The Kier molecular flexibility index (Phi) is 4.49. The minimum absolute atomic E-state index is 0.254. The maximum absolute atomic E-state index is 13.1. The first-order valence-corrected chi connectivity index (χ1v) is 11.6. The van der Waals surface area contributed by atoms with Crippen molar-refractivity contribution in [2.45, 2.75) is 48.6 Å². The van der Waals surface area contributed by atoms with Gasteiger partial charge in [-0.1, -0.05) is 0 Å². The summed E-state index contributed by atoms with van der Waals surface area (Å²) in [6.45, 7) is 3.60. The van der Waals surface area contributed by atoms with Crippen LogP contribution in [0, 0.1) is 0 Å². The van der Waals surface area contributed by atoms with Crippen molar-refractivity contribution in [3.8, 4) is 0 Å². The number of carbonyl (C=O) groups is 3. The zero-order valence-electron chi connectivity index (χ0n) is 16.6. The summed E-state index contributed by atoms with van der Waals surface area (Å²) in [5, 5.41) is 0. The Morgan fingerprint density at radius 1 is 0.967 bits per heavy atom. The fourth-order valence-electron chi connectivity index (χ4n) is 4.70. The van der Waals surface area contributed by atoms with E-state index in [9.17, 15) is 14.4 Å². The number of hydrogen-bond donors (Lipinski definition) is 0. The van der Waals surface area contributed by atoms with Crippen LogP contribution in [-0.2, 0) is 14.3 Å². The first-order valence-electron chi connectivity index (χ1n) is 9.88. The number of rotatable bonds is 4. The van der Waals surface area contributed by atoms with Gasteiger partial charge in [0.2, 0.25) is 0 Å². The third-order valence-corrected chi connectivity index (χ3v) is 8.83. The monoisotopic (exact) mass is 471 g/mol. The second-order valence-corrected chi connectivity index (χ2v) is 11.3. The van der Waals surface area contributed by atoms with E-state index < -0.39 is 28.4 Å². The average molecular weight is 470 g/mol. The average Bonchev–Trinajstić information content (AvgIpc) is 3.30. The van der Waals surface area contributed by atoms with E-state index >= 15 is 0 Å². The molecule has 2 aromatic carbocycles. The molecule has 2 heterocycles. The third-order valence-electron chi connectivity index (χ3n) is 5.93. The van der Waals surface area contributed by atoms with E-state index in [2.05, 4.69) is 0 Å². The summed E-state index contributed by atoms with van der Waals surface area (Å²) in [5.74, 6) is -1.56. The second-order valence-electron chi connectivity index (χ2n) is 8.31. The molecule has 6 nitrogen and oxygen atoms in total. The van der Waals surface area contributed by atoms with E-state index in [0.29, 0.717) is 17.5 Å². The molecule has 2 fully saturated rings. The number of ether oxygens (including phenoxy) is 2. The minimum atomic E-state index is -0.895. The first kappa shape index (κ1) is 19.6. The molecule has 1 saturated heterocycles. The topological polar surface area (TPSA) is 72.9 Å². The Bertz CT molecular complexity index is 1000. The summed E-state index contributed by atoms with van der Waals surface area (Å²) in [7, 11) is 0. The Morgan fingerprint density at radius 2 is 1.57 bits per heavy atom. The fourth-order valence-corrected chi connectivity index (χ4v) is 7.50. The van der Waals surface area contributed by atoms with Crippen molar-refractivity contribution in [2.24, 2.45) is 0 Å². The summed E-state index contributed by atoms with van der Waals surface area (Å²) >= 11 is -0.254. The van der Waals surface area contributed by atoms with Crippen LogP contribution in [0.15, 0.2) is 54.6 Å². The predicted octanol–water partition coefficient (Wildman–Crippen LogP) is 1.96. The molecule has 154 valence electrons.